The Morgan fingerprint density at radius 1 is 1.12 bits per heavy atom. The molecule has 2 aromatic heterocycles. The molecule has 0 saturated carbocycles. The highest BCUT2D eigenvalue weighted by atomic mass is 16.2. The van der Waals surface area contributed by atoms with Crippen LogP contribution in [0, 0.1) is 13.8 Å². The summed E-state index contributed by atoms with van der Waals surface area (Å²) in [6.45, 7) is 5.27. The average molecular weight is 447 g/mol. The predicted octanol–water partition coefficient (Wildman–Crippen LogP) is 4.08. The van der Waals surface area contributed by atoms with Crippen molar-refractivity contribution in [2.45, 2.75) is 58.5 Å². The van der Waals surface area contributed by atoms with Gasteiger partial charge < -0.3 is 14.8 Å². The van der Waals surface area contributed by atoms with E-state index in [0.717, 1.165) is 43.7 Å². The minimum absolute atomic E-state index is 0.129. The molecule has 2 amide bonds. The molecule has 8 heteroatoms. The van der Waals surface area contributed by atoms with E-state index in [4.69, 9.17) is 0 Å². The summed E-state index contributed by atoms with van der Waals surface area (Å²) in [7, 11) is 0. The molecule has 1 aromatic carbocycles. The van der Waals surface area contributed by atoms with E-state index in [0.29, 0.717) is 30.0 Å². The molecule has 3 heterocycles. The number of piperidine rings is 1. The molecule has 172 valence electrons. The Kier molecular flexibility index (Phi) is 7.12. The summed E-state index contributed by atoms with van der Waals surface area (Å²) in [5.74, 6) is 1.46. The van der Waals surface area contributed by atoms with Gasteiger partial charge in [0.1, 0.15) is 5.82 Å². The summed E-state index contributed by atoms with van der Waals surface area (Å²) < 4.78 is 2.06. The van der Waals surface area contributed by atoms with E-state index in [1.54, 1.807) is 12.4 Å². The van der Waals surface area contributed by atoms with Crippen molar-refractivity contribution in [3.8, 4) is 0 Å². The third kappa shape index (κ3) is 5.45. The van der Waals surface area contributed by atoms with E-state index in [1.807, 2.05) is 55.3 Å². The summed E-state index contributed by atoms with van der Waals surface area (Å²) >= 11 is 0. The van der Waals surface area contributed by atoms with Gasteiger partial charge >= 0.3 is 0 Å². The molecule has 1 aliphatic rings. The van der Waals surface area contributed by atoms with Crippen molar-refractivity contribution in [1.29, 1.82) is 0 Å². The Balaban J connectivity index is 1.42. The normalized spacial score (nSPS) is 15.9. The summed E-state index contributed by atoms with van der Waals surface area (Å²) in [5.41, 5.74) is 1.77. The third-order valence-electron chi connectivity index (χ3n) is 6.11. The fourth-order valence-electron chi connectivity index (χ4n) is 4.27. The van der Waals surface area contributed by atoms with Gasteiger partial charge in [0.05, 0.1) is 17.3 Å². The van der Waals surface area contributed by atoms with E-state index in [2.05, 4.69) is 24.8 Å². The Morgan fingerprint density at radius 3 is 2.67 bits per heavy atom. The smallest absolute Gasteiger partial charge is 0.259 e. The van der Waals surface area contributed by atoms with Crippen LogP contribution in [0.15, 0.2) is 48.9 Å². The highest BCUT2D eigenvalue weighted by molar-refractivity contribution is 6.04. The first-order chi connectivity index (χ1) is 16.0. The van der Waals surface area contributed by atoms with Crippen molar-refractivity contribution in [1.82, 2.24) is 24.4 Å². The first-order valence-electron chi connectivity index (χ1n) is 11.5. The number of carbonyl (C=O) groups is 2. The van der Waals surface area contributed by atoms with Crippen molar-refractivity contribution in [3.63, 3.8) is 0 Å². The largest absolute Gasteiger partial charge is 0.335 e. The summed E-state index contributed by atoms with van der Waals surface area (Å²) in [4.78, 5) is 41.0. The Bertz CT molecular complexity index is 1110. The summed E-state index contributed by atoms with van der Waals surface area (Å²) in [5, 5.41) is 2.87. The lowest BCUT2D eigenvalue weighted by Crippen LogP contribution is -2.39. The number of para-hydroxylation sites is 1. The van der Waals surface area contributed by atoms with Crippen molar-refractivity contribution < 1.29 is 9.59 Å². The van der Waals surface area contributed by atoms with Crippen LogP contribution in [-0.4, -0.2) is 42.8 Å². The number of nitrogens with one attached hydrogen (secondary N) is 1. The molecule has 0 radical (unpaired) electrons. The quantitative estimate of drug-likeness (QED) is 0.590. The van der Waals surface area contributed by atoms with Crippen LogP contribution in [0.4, 0.5) is 5.69 Å². The van der Waals surface area contributed by atoms with E-state index in [-0.39, 0.29) is 17.9 Å². The SMILES string of the molecule is Cc1nc([C@@H]2CCCCN2C(=O)CCCn2ccnc2C)ncc1C(=O)Nc1ccccc1. The van der Waals surface area contributed by atoms with Gasteiger partial charge in [0.25, 0.3) is 5.91 Å². The van der Waals surface area contributed by atoms with Crippen LogP contribution in [0.2, 0.25) is 0 Å². The van der Waals surface area contributed by atoms with Crippen LogP contribution in [0.3, 0.4) is 0 Å². The number of carbonyl (C=O) groups excluding carboxylic acids is 2. The molecule has 0 spiro atoms. The molecule has 0 unspecified atom stereocenters. The molecular formula is C25H30N6O2. The average Bonchev–Trinajstić information content (AvgIpc) is 3.24. The minimum Gasteiger partial charge on any atom is -0.335 e. The van der Waals surface area contributed by atoms with Gasteiger partial charge in [0.15, 0.2) is 5.82 Å². The van der Waals surface area contributed by atoms with Gasteiger partial charge in [-0.1, -0.05) is 18.2 Å². The zero-order valence-corrected chi connectivity index (χ0v) is 19.2. The summed E-state index contributed by atoms with van der Waals surface area (Å²) in [6.07, 6.45) is 9.39. The Hall–Kier alpha value is -3.55. The molecule has 33 heavy (non-hydrogen) atoms. The summed E-state index contributed by atoms with van der Waals surface area (Å²) in [6, 6.07) is 9.16. The zero-order valence-electron chi connectivity index (χ0n) is 19.2. The van der Waals surface area contributed by atoms with Gasteiger partial charge in [-0.15, -0.1) is 0 Å². The van der Waals surface area contributed by atoms with Gasteiger partial charge in [-0.2, -0.15) is 0 Å². The van der Waals surface area contributed by atoms with E-state index >= 15 is 0 Å². The van der Waals surface area contributed by atoms with Crippen molar-refractivity contribution >= 4 is 17.5 Å². The molecule has 3 aromatic rings. The molecular weight excluding hydrogens is 416 g/mol. The number of aromatic nitrogens is 4. The Labute approximate surface area is 194 Å². The van der Waals surface area contributed by atoms with Gasteiger partial charge in [0, 0.05) is 43.8 Å². The lowest BCUT2D eigenvalue weighted by molar-refractivity contribution is -0.135. The fourth-order valence-corrected chi connectivity index (χ4v) is 4.27. The van der Waals surface area contributed by atoms with Crippen molar-refractivity contribution in [2.75, 3.05) is 11.9 Å². The molecule has 0 aliphatic carbocycles. The molecule has 1 aliphatic heterocycles. The number of amides is 2. The van der Waals surface area contributed by atoms with Crippen LogP contribution in [0.5, 0.6) is 0 Å². The molecule has 4 rings (SSSR count). The number of likely N-dealkylation sites (tertiary alicyclic amines) is 1. The second kappa shape index (κ2) is 10.4. The first kappa shape index (κ1) is 22.6. The number of imidazole rings is 1. The lowest BCUT2D eigenvalue weighted by Gasteiger charge is -2.35. The second-order valence-electron chi connectivity index (χ2n) is 8.42. The number of hydrogen-bond donors (Lipinski definition) is 1. The maximum atomic E-state index is 13.0. The zero-order chi connectivity index (χ0) is 23.2. The van der Waals surface area contributed by atoms with Crippen LogP contribution in [0.25, 0.3) is 0 Å². The molecule has 1 saturated heterocycles. The Morgan fingerprint density at radius 2 is 1.94 bits per heavy atom. The second-order valence-corrected chi connectivity index (χ2v) is 8.42. The van der Waals surface area contributed by atoms with E-state index in [1.165, 1.54) is 0 Å². The fraction of sp³-hybridized carbons (Fsp3) is 0.400. The number of benzene rings is 1. The molecule has 1 fully saturated rings. The number of rotatable bonds is 7. The lowest BCUT2D eigenvalue weighted by atomic mass is 10.00. The van der Waals surface area contributed by atoms with Gasteiger partial charge in [-0.3, -0.25) is 9.59 Å². The molecule has 0 bridgehead atoms. The van der Waals surface area contributed by atoms with Crippen LogP contribution in [0.1, 0.15) is 65.8 Å². The van der Waals surface area contributed by atoms with E-state index in [9.17, 15) is 9.59 Å². The predicted molar refractivity (Wildman–Crippen MR) is 126 cm³/mol. The monoisotopic (exact) mass is 446 g/mol. The van der Waals surface area contributed by atoms with Gasteiger partial charge in [-0.25, -0.2) is 15.0 Å². The number of hydrogen-bond acceptors (Lipinski definition) is 5. The van der Waals surface area contributed by atoms with Crippen LogP contribution in [-0.2, 0) is 11.3 Å². The number of aryl methyl sites for hydroxylation is 3. The number of nitrogens with zero attached hydrogens (tertiary/aromatic N) is 5. The highest BCUT2D eigenvalue weighted by Crippen LogP contribution is 2.30. The van der Waals surface area contributed by atoms with Gasteiger partial charge in [0.2, 0.25) is 5.91 Å². The van der Waals surface area contributed by atoms with E-state index < -0.39 is 0 Å². The van der Waals surface area contributed by atoms with Crippen molar-refractivity contribution in [2.24, 2.45) is 0 Å². The minimum atomic E-state index is -0.239. The van der Waals surface area contributed by atoms with Gasteiger partial charge in [-0.05, 0) is 51.7 Å². The molecule has 8 nitrogen and oxygen atoms in total. The maximum absolute atomic E-state index is 13.0. The van der Waals surface area contributed by atoms with Crippen molar-refractivity contribution in [3.05, 3.63) is 71.8 Å². The number of anilines is 1. The molecule has 1 atom stereocenters. The first-order valence-corrected chi connectivity index (χ1v) is 11.5. The van der Waals surface area contributed by atoms with Crippen LogP contribution < -0.4 is 5.32 Å². The topological polar surface area (TPSA) is 93.0 Å². The third-order valence-corrected chi connectivity index (χ3v) is 6.11. The standard InChI is InChI=1S/C25H30N6O2/c1-18-21(25(33)29-20-9-4-3-5-10-20)17-27-24(28-18)22-11-6-7-15-31(22)23(32)12-8-14-30-16-13-26-19(30)2/h3-5,9-10,13,16-17,22H,6-8,11-12,14-15H2,1-2H3,(H,29,33)/t22-/m0/s1. The van der Waals surface area contributed by atoms with Crippen LogP contribution >= 0.6 is 0 Å². The molecule has 1 N–H and O–H groups in total. The highest BCUT2D eigenvalue weighted by Gasteiger charge is 2.30. The maximum Gasteiger partial charge on any atom is 0.259 e.